The zero-order chi connectivity index (χ0) is 15.3. The van der Waals surface area contributed by atoms with Crippen LogP contribution in [0.15, 0.2) is 18.2 Å². The van der Waals surface area contributed by atoms with Crippen LogP contribution in [0.2, 0.25) is 0 Å². The van der Waals surface area contributed by atoms with Crippen LogP contribution in [0.25, 0.3) is 0 Å². The third kappa shape index (κ3) is 3.91. The molecule has 114 valence electrons. The van der Waals surface area contributed by atoms with Crippen LogP contribution in [0.4, 0.5) is 4.39 Å². The first-order chi connectivity index (χ1) is 9.35. The number of ether oxygens (including phenoxy) is 1. The predicted molar refractivity (Wildman–Crippen MR) is 76.3 cm³/mol. The minimum Gasteiger partial charge on any atom is -0.494 e. The molecule has 1 unspecified atom stereocenters. The van der Waals surface area contributed by atoms with Crippen molar-refractivity contribution in [1.82, 2.24) is 9.03 Å². The van der Waals surface area contributed by atoms with Crippen LogP contribution in [-0.4, -0.2) is 32.9 Å². The van der Waals surface area contributed by atoms with Crippen LogP contribution < -0.4 is 9.46 Å². The van der Waals surface area contributed by atoms with Gasteiger partial charge in [-0.15, -0.1) is 0 Å². The van der Waals surface area contributed by atoms with Crippen molar-refractivity contribution in [3.63, 3.8) is 0 Å². The number of methoxy groups -OCH3 is 1. The highest BCUT2D eigenvalue weighted by atomic mass is 32.2. The Bertz CT molecular complexity index is 545. The molecule has 1 N–H and O–H groups in total. The van der Waals surface area contributed by atoms with E-state index in [1.54, 1.807) is 26.8 Å². The third-order valence-corrected chi connectivity index (χ3v) is 4.89. The molecule has 0 aliphatic heterocycles. The van der Waals surface area contributed by atoms with Crippen LogP contribution in [0.5, 0.6) is 5.75 Å². The van der Waals surface area contributed by atoms with E-state index in [-0.39, 0.29) is 5.75 Å². The minimum absolute atomic E-state index is 0.132. The molecular weight excluding hydrogens is 283 g/mol. The van der Waals surface area contributed by atoms with E-state index >= 15 is 0 Å². The normalized spacial score (nSPS) is 13.5. The SMILES string of the molecule is CCN(CC)S(=O)(=O)NC(C)c1ccc(OC)c(F)c1. The molecule has 1 aromatic rings. The van der Waals surface area contributed by atoms with Crippen LogP contribution in [0, 0.1) is 5.82 Å². The number of halogens is 1. The molecule has 0 radical (unpaired) electrons. The molecule has 0 heterocycles. The Hall–Kier alpha value is -1.18. The average Bonchev–Trinajstić information content (AvgIpc) is 2.39. The Morgan fingerprint density at radius 1 is 1.35 bits per heavy atom. The Morgan fingerprint density at radius 2 is 1.95 bits per heavy atom. The molecule has 0 saturated heterocycles. The third-order valence-electron chi connectivity index (χ3n) is 3.05. The summed E-state index contributed by atoms with van der Waals surface area (Å²) in [4.78, 5) is 0. The van der Waals surface area contributed by atoms with Crippen molar-refractivity contribution in [2.24, 2.45) is 0 Å². The highest BCUT2D eigenvalue weighted by Crippen LogP contribution is 2.22. The standard InChI is InChI=1S/C13H21FN2O3S/c1-5-16(6-2)20(17,18)15-10(3)11-7-8-13(19-4)12(14)9-11/h7-10,15H,5-6H2,1-4H3. The summed E-state index contributed by atoms with van der Waals surface area (Å²) in [5.41, 5.74) is 0.541. The number of nitrogens with zero attached hydrogens (tertiary/aromatic N) is 1. The molecule has 0 aromatic heterocycles. The summed E-state index contributed by atoms with van der Waals surface area (Å²) in [7, 11) is -2.19. The van der Waals surface area contributed by atoms with E-state index < -0.39 is 22.1 Å². The second-order valence-corrected chi connectivity index (χ2v) is 6.03. The number of rotatable bonds is 7. The molecule has 0 bridgehead atoms. The molecule has 1 rings (SSSR count). The van der Waals surface area contributed by atoms with E-state index in [1.165, 1.54) is 23.5 Å². The smallest absolute Gasteiger partial charge is 0.279 e. The molecule has 20 heavy (non-hydrogen) atoms. The summed E-state index contributed by atoms with van der Waals surface area (Å²) in [5, 5.41) is 0. The van der Waals surface area contributed by atoms with Crippen LogP contribution >= 0.6 is 0 Å². The lowest BCUT2D eigenvalue weighted by molar-refractivity contribution is 0.385. The highest BCUT2D eigenvalue weighted by Gasteiger charge is 2.22. The quantitative estimate of drug-likeness (QED) is 0.839. The maximum absolute atomic E-state index is 13.6. The van der Waals surface area contributed by atoms with Gasteiger partial charge in [-0.25, -0.2) is 4.39 Å². The van der Waals surface area contributed by atoms with Gasteiger partial charge in [0.05, 0.1) is 7.11 Å². The van der Waals surface area contributed by atoms with Gasteiger partial charge in [-0.3, -0.25) is 0 Å². The lowest BCUT2D eigenvalue weighted by Gasteiger charge is -2.22. The van der Waals surface area contributed by atoms with Crippen LogP contribution in [-0.2, 0) is 10.2 Å². The van der Waals surface area contributed by atoms with Gasteiger partial charge in [-0.2, -0.15) is 17.4 Å². The molecule has 5 nitrogen and oxygen atoms in total. The fraction of sp³-hybridized carbons (Fsp3) is 0.538. The lowest BCUT2D eigenvalue weighted by atomic mass is 10.1. The monoisotopic (exact) mass is 304 g/mol. The topological polar surface area (TPSA) is 58.6 Å². The summed E-state index contributed by atoms with van der Waals surface area (Å²) < 4.78 is 46.5. The second-order valence-electron chi connectivity index (χ2n) is 4.32. The summed E-state index contributed by atoms with van der Waals surface area (Å²) in [5.74, 6) is -0.383. The van der Waals surface area contributed by atoms with Gasteiger partial charge in [-0.1, -0.05) is 19.9 Å². The molecule has 1 aromatic carbocycles. The molecule has 1 atom stereocenters. The predicted octanol–water partition coefficient (Wildman–Crippen LogP) is 2.07. The maximum Gasteiger partial charge on any atom is 0.279 e. The first-order valence-electron chi connectivity index (χ1n) is 6.46. The van der Waals surface area contributed by atoms with Crippen molar-refractivity contribution in [2.45, 2.75) is 26.8 Å². The van der Waals surface area contributed by atoms with E-state index in [0.717, 1.165) is 0 Å². The van der Waals surface area contributed by atoms with E-state index in [1.807, 2.05) is 0 Å². The van der Waals surface area contributed by atoms with Crippen molar-refractivity contribution in [3.05, 3.63) is 29.6 Å². The fourth-order valence-corrected chi connectivity index (χ4v) is 3.29. The number of nitrogens with one attached hydrogen (secondary N) is 1. The van der Waals surface area contributed by atoms with Gasteiger partial charge < -0.3 is 4.74 Å². The number of hydrogen-bond acceptors (Lipinski definition) is 3. The fourth-order valence-electron chi connectivity index (χ4n) is 1.88. The first kappa shape index (κ1) is 16.9. The second kappa shape index (κ2) is 7.01. The van der Waals surface area contributed by atoms with E-state index in [9.17, 15) is 12.8 Å². The summed E-state index contributed by atoms with van der Waals surface area (Å²) in [6, 6.07) is 3.86. The highest BCUT2D eigenvalue weighted by molar-refractivity contribution is 7.87. The summed E-state index contributed by atoms with van der Waals surface area (Å²) in [6.45, 7) is 5.97. The molecule has 7 heteroatoms. The first-order valence-corrected chi connectivity index (χ1v) is 7.90. The average molecular weight is 304 g/mol. The molecular formula is C13H21FN2O3S. The zero-order valence-electron chi connectivity index (χ0n) is 12.2. The molecule has 0 amide bonds. The van der Waals surface area contributed by atoms with Gasteiger partial charge in [0.1, 0.15) is 0 Å². The van der Waals surface area contributed by atoms with Gasteiger partial charge in [0.25, 0.3) is 10.2 Å². The van der Waals surface area contributed by atoms with E-state index in [2.05, 4.69) is 4.72 Å². The Labute approximate surface area is 119 Å². The van der Waals surface area contributed by atoms with E-state index in [0.29, 0.717) is 18.7 Å². The molecule has 0 aliphatic rings. The molecule has 0 saturated carbocycles. The largest absolute Gasteiger partial charge is 0.494 e. The lowest BCUT2D eigenvalue weighted by Crippen LogP contribution is -2.41. The number of benzene rings is 1. The number of hydrogen-bond donors (Lipinski definition) is 1. The van der Waals surface area contributed by atoms with E-state index in [4.69, 9.17) is 4.74 Å². The van der Waals surface area contributed by atoms with Gasteiger partial charge in [0, 0.05) is 19.1 Å². The van der Waals surface area contributed by atoms with Gasteiger partial charge in [0.2, 0.25) is 0 Å². The molecule has 0 aliphatic carbocycles. The minimum atomic E-state index is -3.57. The maximum atomic E-state index is 13.6. The van der Waals surface area contributed by atoms with Crippen LogP contribution in [0.3, 0.4) is 0 Å². The summed E-state index contributed by atoms with van der Waals surface area (Å²) >= 11 is 0. The van der Waals surface area contributed by atoms with Crippen molar-refractivity contribution < 1.29 is 17.5 Å². The molecule has 0 fully saturated rings. The van der Waals surface area contributed by atoms with Crippen molar-refractivity contribution >= 4 is 10.2 Å². The Kier molecular flexibility index (Phi) is 5.91. The van der Waals surface area contributed by atoms with Gasteiger partial charge >= 0.3 is 0 Å². The summed E-state index contributed by atoms with van der Waals surface area (Å²) in [6.07, 6.45) is 0. The van der Waals surface area contributed by atoms with Crippen molar-refractivity contribution in [3.8, 4) is 5.75 Å². The Morgan fingerprint density at radius 3 is 2.40 bits per heavy atom. The van der Waals surface area contributed by atoms with Crippen LogP contribution in [0.1, 0.15) is 32.4 Å². The van der Waals surface area contributed by atoms with Crippen molar-refractivity contribution in [2.75, 3.05) is 20.2 Å². The Balaban J connectivity index is 2.91. The molecule has 0 spiro atoms. The zero-order valence-corrected chi connectivity index (χ0v) is 13.0. The van der Waals surface area contributed by atoms with Gasteiger partial charge in [-0.05, 0) is 24.6 Å². The van der Waals surface area contributed by atoms with Crippen molar-refractivity contribution in [1.29, 1.82) is 0 Å². The van der Waals surface area contributed by atoms with Gasteiger partial charge in [0.15, 0.2) is 11.6 Å².